The highest BCUT2D eigenvalue weighted by atomic mass is 16.6. The van der Waals surface area contributed by atoms with Crippen molar-refractivity contribution in [1.82, 2.24) is 4.90 Å². The lowest BCUT2D eigenvalue weighted by Crippen LogP contribution is -2.53. The van der Waals surface area contributed by atoms with E-state index in [2.05, 4.69) is 13.8 Å². The molecule has 22 heavy (non-hydrogen) atoms. The number of aliphatic hydroxyl groups excluding tert-OH is 1. The highest BCUT2D eigenvalue weighted by Gasteiger charge is 2.43. The van der Waals surface area contributed by atoms with Gasteiger partial charge in [-0.2, -0.15) is 0 Å². The minimum absolute atomic E-state index is 0.123. The molecule has 1 N–H and O–H groups in total. The first-order valence-corrected chi connectivity index (χ1v) is 8.77. The van der Waals surface area contributed by atoms with E-state index in [-0.39, 0.29) is 29.6 Å². The average molecular weight is 311 g/mol. The van der Waals surface area contributed by atoms with Gasteiger partial charge in [0.1, 0.15) is 5.60 Å². The van der Waals surface area contributed by atoms with E-state index >= 15 is 0 Å². The number of carbonyl (C=O) groups is 1. The van der Waals surface area contributed by atoms with Crippen LogP contribution in [0, 0.1) is 11.3 Å². The number of rotatable bonds is 1. The van der Waals surface area contributed by atoms with Crippen molar-refractivity contribution in [3.8, 4) is 0 Å². The molecule has 0 spiro atoms. The number of hydrogen-bond donors (Lipinski definition) is 1. The third-order valence-corrected chi connectivity index (χ3v) is 5.07. The van der Waals surface area contributed by atoms with E-state index in [0.29, 0.717) is 0 Å². The molecular weight excluding hydrogens is 278 g/mol. The number of hydrogen-bond acceptors (Lipinski definition) is 3. The summed E-state index contributed by atoms with van der Waals surface area (Å²) in [5.74, 6) is 0.177. The van der Waals surface area contributed by atoms with Crippen LogP contribution in [0.3, 0.4) is 0 Å². The van der Waals surface area contributed by atoms with Gasteiger partial charge in [-0.15, -0.1) is 0 Å². The molecule has 1 saturated carbocycles. The van der Waals surface area contributed by atoms with Crippen LogP contribution in [-0.4, -0.2) is 40.4 Å². The van der Waals surface area contributed by atoms with Crippen LogP contribution in [0.1, 0.15) is 73.1 Å². The molecule has 4 nitrogen and oxygen atoms in total. The number of ether oxygens (including phenoxy) is 1. The topological polar surface area (TPSA) is 49.8 Å². The predicted molar refractivity (Wildman–Crippen MR) is 87.7 cm³/mol. The van der Waals surface area contributed by atoms with Crippen molar-refractivity contribution in [2.45, 2.75) is 90.9 Å². The van der Waals surface area contributed by atoms with Gasteiger partial charge < -0.3 is 14.7 Å². The molecule has 128 valence electrons. The van der Waals surface area contributed by atoms with Gasteiger partial charge in [0.15, 0.2) is 0 Å². The average Bonchev–Trinajstić information content (AvgIpc) is 2.40. The van der Waals surface area contributed by atoms with Crippen molar-refractivity contribution in [1.29, 1.82) is 0 Å². The lowest BCUT2D eigenvalue weighted by Gasteiger charge is -2.47. The summed E-state index contributed by atoms with van der Waals surface area (Å²) in [6.07, 6.45) is 5.53. The third kappa shape index (κ3) is 4.37. The summed E-state index contributed by atoms with van der Waals surface area (Å²) in [5.41, 5.74) is -0.218. The van der Waals surface area contributed by atoms with Crippen LogP contribution in [-0.2, 0) is 4.74 Å². The summed E-state index contributed by atoms with van der Waals surface area (Å²) in [5, 5.41) is 10.5. The van der Waals surface area contributed by atoms with Gasteiger partial charge in [0.2, 0.25) is 0 Å². The summed E-state index contributed by atoms with van der Waals surface area (Å²) >= 11 is 0. The fraction of sp³-hybridized carbons (Fsp3) is 0.944. The second-order valence-corrected chi connectivity index (χ2v) is 8.88. The zero-order valence-corrected chi connectivity index (χ0v) is 14.9. The van der Waals surface area contributed by atoms with Crippen molar-refractivity contribution in [2.24, 2.45) is 11.3 Å². The Bertz CT molecular complexity index is 400. The Hall–Kier alpha value is -0.770. The predicted octanol–water partition coefficient (Wildman–Crippen LogP) is 3.96. The second kappa shape index (κ2) is 6.38. The van der Waals surface area contributed by atoms with Crippen molar-refractivity contribution < 1.29 is 14.6 Å². The fourth-order valence-electron chi connectivity index (χ4n) is 3.97. The molecule has 1 amide bonds. The van der Waals surface area contributed by atoms with Gasteiger partial charge in [-0.3, -0.25) is 0 Å². The number of amides is 1. The first-order chi connectivity index (χ1) is 10.1. The molecule has 0 aromatic carbocycles. The van der Waals surface area contributed by atoms with E-state index in [4.69, 9.17) is 4.74 Å². The number of piperidine rings is 1. The molecule has 2 rings (SSSR count). The molecule has 4 heteroatoms. The molecule has 1 heterocycles. The van der Waals surface area contributed by atoms with Crippen molar-refractivity contribution in [2.75, 3.05) is 6.54 Å². The smallest absolute Gasteiger partial charge is 0.410 e. The molecule has 1 aliphatic heterocycles. The Morgan fingerprint density at radius 1 is 1.23 bits per heavy atom. The fourth-order valence-corrected chi connectivity index (χ4v) is 3.97. The molecule has 0 bridgehead atoms. The maximum atomic E-state index is 12.6. The van der Waals surface area contributed by atoms with Gasteiger partial charge >= 0.3 is 6.09 Å². The summed E-state index contributed by atoms with van der Waals surface area (Å²) in [7, 11) is 0. The molecule has 0 aromatic rings. The molecular formula is C18H33NO3. The molecule has 0 radical (unpaired) electrons. The summed E-state index contributed by atoms with van der Waals surface area (Å²) in [6, 6.07) is 0.123. The van der Waals surface area contributed by atoms with Crippen molar-refractivity contribution in [3.63, 3.8) is 0 Å². The monoisotopic (exact) mass is 311 g/mol. The standard InChI is InChI=1S/C18H33NO3/c1-17(2,3)22-16(21)19-11-7-6-8-14(19)13-12-18(4,5)10-9-15(13)20/h13-15,20H,6-12H2,1-5H3. The molecule has 3 atom stereocenters. The van der Waals surface area contributed by atoms with Gasteiger partial charge in [-0.1, -0.05) is 13.8 Å². The summed E-state index contributed by atoms with van der Waals surface area (Å²) in [4.78, 5) is 14.4. The van der Waals surface area contributed by atoms with Crippen LogP contribution in [0.15, 0.2) is 0 Å². The van der Waals surface area contributed by atoms with Crippen LogP contribution in [0.2, 0.25) is 0 Å². The zero-order valence-electron chi connectivity index (χ0n) is 14.9. The van der Waals surface area contributed by atoms with Crippen molar-refractivity contribution in [3.05, 3.63) is 0 Å². The molecule has 2 aliphatic rings. The lowest BCUT2D eigenvalue weighted by atomic mass is 9.67. The Morgan fingerprint density at radius 3 is 2.55 bits per heavy atom. The van der Waals surface area contributed by atoms with Gasteiger partial charge in [-0.05, 0) is 64.7 Å². The van der Waals surface area contributed by atoms with Crippen LogP contribution < -0.4 is 0 Å². The number of nitrogens with zero attached hydrogens (tertiary/aromatic N) is 1. The lowest BCUT2D eigenvalue weighted by molar-refractivity contribution is -0.0464. The normalized spacial score (nSPS) is 32.6. The maximum absolute atomic E-state index is 12.6. The summed E-state index contributed by atoms with van der Waals surface area (Å²) in [6.45, 7) is 11.0. The van der Waals surface area contributed by atoms with Gasteiger partial charge in [0.25, 0.3) is 0 Å². The quantitative estimate of drug-likeness (QED) is 0.797. The van der Waals surface area contributed by atoms with Crippen LogP contribution in [0.5, 0.6) is 0 Å². The molecule has 1 aliphatic carbocycles. The van der Waals surface area contributed by atoms with E-state index in [1.807, 2.05) is 25.7 Å². The van der Waals surface area contributed by atoms with E-state index in [0.717, 1.165) is 45.1 Å². The van der Waals surface area contributed by atoms with E-state index in [9.17, 15) is 9.90 Å². The first kappa shape index (κ1) is 17.6. The van der Waals surface area contributed by atoms with Crippen molar-refractivity contribution >= 4 is 6.09 Å². The highest BCUT2D eigenvalue weighted by Crippen LogP contribution is 2.43. The van der Waals surface area contributed by atoms with Gasteiger partial charge in [0.05, 0.1) is 6.10 Å². The second-order valence-electron chi connectivity index (χ2n) is 8.88. The molecule has 2 fully saturated rings. The minimum Gasteiger partial charge on any atom is -0.444 e. The van der Waals surface area contributed by atoms with Gasteiger partial charge in [0, 0.05) is 18.5 Å². The van der Waals surface area contributed by atoms with E-state index < -0.39 is 5.60 Å². The SMILES string of the molecule is CC1(C)CCC(O)C(C2CCCCN2C(=O)OC(C)(C)C)C1. The minimum atomic E-state index is -0.469. The van der Waals surface area contributed by atoms with E-state index in [1.165, 1.54) is 0 Å². The summed E-state index contributed by atoms with van der Waals surface area (Å²) < 4.78 is 5.59. The Morgan fingerprint density at radius 2 is 1.91 bits per heavy atom. The van der Waals surface area contributed by atoms with Crippen LogP contribution in [0.4, 0.5) is 4.79 Å². The Balaban J connectivity index is 2.13. The number of likely N-dealkylation sites (tertiary alicyclic amines) is 1. The van der Waals surface area contributed by atoms with Crippen LogP contribution in [0.25, 0.3) is 0 Å². The Kier molecular flexibility index (Phi) is 5.10. The van der Waals surface area contributed by atoms with Crippen LogP contribution >= 0.6 is 0 Å². The van der Waals surface area contributed by atoms with E-state index in [1.54, 1.807) is 0 Å². The molecule has 1 saturated heterocycles. The van der Waals surface area contributed by atoms with Gasteiger partial charge in [-0.25, -0.2) is 4.79 Å². The maximum Gasteiger partial charge on any atom is 0.410 e. The zero-order chi connectivity index (χ0) is 16.5. The first-order valence-electron chi connectivity index (χ1n) is 8.77. The molecule has 0 aromatic heterocycles. The molecule has 3 unspecified atom stereocenters. The highest BCUT2D eigenvalue weighted by molar-refractivity contribution is 5.68. The Labute approximate surface area is 135 Å². The number of carbonyl (C=O) groups excluding carboxylic acids is 1. The largest absolute Gasteiger partial charge is 0.444 e. The number of aliphatic hydroxyl groups is 1. The third-order valence-electron chi connectivity index (χ3n) is 5.07.